The minimum absolute atomic E-state index is 0.858. The number of anilines is 1. The molecule has 1 N–H and O–H groups in total. The van der Waals surface area contributed by atoms with Gasteiger partial charge in [0.25, 0.3) is 0 Å². The Bertz CT molecular complexity index is 567. The molecular weight excluding hydrogens is 272 g/mol. The van der Waals surface area contributed by atoms with Gasteiger partial charge in [0.15, 0.2) is 0 Å². The van der Waals surface area contributed by atoms with Crippen molar-refractivity contribution in [2.75, 3.05) is 31.1 Å². The third-order valence-corrected chi connectivity index (χ3v) is 4.88. The summed E-state index contributed by atoms with van der Waals surface area (Å²) >= 11 is 0. The monoisotopic (exact) mass is 298 g/mol. The van der Waals surface area contributed by atoms with Crippen LogP contribution in [0.25, 0.3) is 0 Å². The molecule has 0 saturated carbocycles. The summed E-state index contributed by atoms with van der Waals surface area (Å²) in [6, 6.07) is 2.48. The van der Waals surface area contributed by atoms with Gasteiger partial charge in [0.2, 0.25) is 0 Å². The summed E-state index contributed by atoms with van der Waals surface area (Å²) in [6.45, 7) is 6.09. The van der Waals surface area contributed by atoms with Crippen molar-refractivity contribution < 1.29 is 0 Å². The van der Waals surface area contributed by atoms with Gasteiger partial charge in [0, 0.05) is 31.9 Å². The molecule has 4 heteroatoms. The van der Waals surface area contributed by atoms with Gasteiger partial charge in [0.05, 0.1) is 5.56 Å². The fraction of sp³-hybridized carbons (Fsp3) is 0.667. The van der Waals surface area contributed by atoms with Crippen LogP contribution in [0.1, 0.15) is 55.0 Å². The molecule has 0 bridgehead atoms. The highest BCUT2D eigenvalue weighted by molar-refractivity contribution is 5.62. The summed E-state index contributed by atoms with van der Waals surface area (Å²) in [5, 5.41) is 13.1. The van der Waals surface area contributed by atoms with Crippen LogP contribution in [0, 0.1) is 11.3 Å². The molecule has 0 radical (unpaired) electrons. The first-order valence-corrected chi connectivity index (χ1v) is 8.75. The quantitative estimate of drug-likeness (QED) is 0.928. The number of aryl methyl sites for hydroxylation is 1. The molecule has 0 atom stereocenters. The largest absolute Gasteiger partial charge is 0.353 e. The number of piperazine rings is 1. The normalized spacial score (nSPS) is 17.9. The maximum atomic E-state index is 9.74. The number of nitriles is 1. The second-order valence-corrected chi connectivity index (χ2v) is 6.37. The molecule has 1 fully saturated rings. The summed E-state index contributed by atoms with van der Waals surface area (Å²) in [4.78, 5) is 7.30. The van der Waals surface area contributed by atoms with E-state index in [1.165, 1.54) is 42.5 Å². The van der Waals surface area contributed by atoms with Gasteiger partial charge in [-0.2, -0.15) is 5.26 Å². The van der Waals surface area contributed by atoms with E-state index in [1.54, 1.807) is 0 Å². The molecule has 3 rings (SSSR count). The number of fused-ring (bicyclic) bond motifs is 1. The molecule has 2 heterocycles. The summed E-state index contributed by atoms with van der Waals surface area (Å²) in [6.07, 6.45) is 8.05. The van der Waals surface area contributed by atoms with Crippen molar-refractivity contribution in [1.82, 2.24) is 10.3 Å². The second kappa shape index (κ2) is 7.11. The molecule has 1 aliphatic carbocycles. The zero-order chi connectivity index (χ0) is 15.4. The van der Waals surface area contributed by atoms with Gasteiger partial charge in [-0.3, -0.25) is 0 Å². The van der Waals surface area contributed by atoms with Gasteiger partial charge in [-0.15, -0.1) is 0 Å². The summed E-state index contributed by atoms with van der Waals surface area (Å²) in [5.74, 6) is 0.954. The van der Waals surface area contributed by atoms with Crippen LogP contribution < -0.4 is 10.2 Å². The van der Waals surface area contributed by atoms with Gasteiger partial charge in [-0.1, -0.05) is 13.3 Å². The Morgan fingerprint density at radius 3 is 2.59 bits per heavy atom. The van der Waals surface area contributed by atoms with Gasteiger partial charge in [0.1, 0.15) is 11.9 Å². The lowest BCUT2D eigenvalue weighted by Crippen LogP contribution is -2.44. The van der Waals surface area contributed by atoms with Crippen LogP contribution in [0.4, 0.5) is 5.82 Å². The molecule has 0 aromatic carbocycles. The Morgan fingerprint density at radius 1 is 1.18 bits per heavy atom. The number of aromatic nitrogens is 1. The van der Waals surface area contributed by atoms with Crippen molar-refractivity contribution in [3.63, 3.8) is 0 Å². The van der Waals surface area contributed by atoms with Crippen molar-refractivity contribution >= 4 is 5.82 Å². The van der Waals surface area contributed by atoms with Crippen LogP contribution in [0.15, 0.2) is 0 Å². The highest BCUT2D eigenvalue weighted by Gasteiger charge is 2.25. The van der Waals surface area contributed by atoms with Crippen LogP contribution in [0.2, 0.25) is 0 Å². The van der Waals surface area contributed by atoms with E-state index in [1.807, 2.05) is 0 Å². The lowest BCUT2D eigenvalue weighted by molar-refractivity contribution is 0.580. The predicted molar refractivity (Wildman–Crippen MR) is 89.3 cm³/mol. The second-order valence-electron chi connectivity index (χ2n) is 6.37. The Balaban J connectivity index is 2.05. The standard InChI is InChI=1S/C18H26N4/c1-2-3-8-17-15-7-5-4-6-14(15)16(13-19)18(21-17)22-11-9-20-10-12-22/h20H,2-12H2,1H3. The highest BCUT2D eigenvalue weighted by Crippen LogP contribution is 2.32. The first kappa shape index (κ1) is 15.3. The minimum Gasteiger partial charge on any atom is -0.353 e. The lowest BCUT2D eigenvalue weighted by atomic mass is 9.86. The van der Waals surface area contributed by atoms with Gasteiger partial charge < -0.3 is 10.2 Å². The molecule has 118 valence electrons. The average Bonchev–Trinajstić information content (AvgIpc) is 2.59. The van der Waals surface area contributed by atoms with E-state index in [0.717, 1.165) is 56.8 Å². The van der Waals surface area contributed by atoms with E-state index in [4.69, 9.17) is 4.98 Å². The smallest absolute Gasteiger partial charge is 0.147 e. The third-order valence-electron chi connectivity index (χ3n) is 4.88. The van der Waals surface area contributed by atoms with E-state index < -0.39 is 0 Å². The topological polar surface area (TPSA) is 52.0 Å². The number of hydrogen-bond donors (Lipinski definition) is 1. The fourth-order valence-electron chi connectivity index (χ4n) is 3.66. The molecule has 4 nitrogen and oxygen atoms in total. The maximum Gasteiger partial charge on any atom is 0.147 e. The lowest BCUT2D eigenvalue weighted by Gasteiger charge is -2.31. The number of nitrogens with zero attached hydrogens (tertiary/aromatic N) is 3. The SMILES string of the molecule is CCCCc1nc(N2CCNCC2)c(C#N)c2c1CCCC2. The summed E-state index contributed by atoms with van der Waals surface area (Å²) < 4.78 is 0. The first-order chi connectivity index (χ1) is 10.8. The molecule has 0 spiro atoms. The van der Waals surface area contributed by atoms with E-state index in [2.05, 4.69) is 23.2 Å². The summed E-state index contributed by atoms with van der Waals surface area (Å²) in [5.41, 5.74) is 4.83. The van der Waals surface area contributed by atoms with E-state index in [-0.39, 0.29) is 0 Å². The minimum atomic E-state index is 0.858. The van der Waals surface area contributed by atoms with E-state index in [0.29, 0.717) is 0 Å². The number of unbranched alkanes of at least 4 members (excludes halogenated alkanes) is 1. The molecule has 1 saturated heterocycles. The van der Waals surface area contributed by atoms with Crippen LogP contribution in [-0.4, -0.2) is 31.2 Å². The van der Waals surface area contributed by atoms with Crippen molar-refractivity contribution in [1.29, 1.82) is 5.26 Å². The Labute approximate surface area is 133 Å². The predicted octanol–water partition coefficient (Wildman–Crippen LogP) is 2.58. The van der Waals surface area contributed by atoms with Crippen LogP contribution in [-0.2, 0) is 19.3 Å². The number of pyridine rings is 1. The van der Waals surface area contributed by atoms with Crippen molar-refractivity contribution in [2.24, 2.45) is 0 Å². The molecule has 1 aromatic rings. The molecule has 0 unspecified atom stereocenters. The van der Waals surface area contributed by atoms with Crippen molar-refractivity contribution in [2.45, 2.75) is 51.9 Å². The molecule has 1 aromatic heterocycles. The first-order valence-electron chi connectivity index (χ1n) is 8.75. The molecular formula is C18H26N4. The van der Waals surface area contributed by atoms with Gasteiger partial charge in [-0.25, -0.2) is 4.98 Å². The zero-order valence-corrected chi connectivity index (χ0v) is 13.6. The van der Waals surface area contributed by atoms with Gasteiger partial charge in [-0.05, 0) is 49.7 Å². The zero-order valence-electron chi connectivity index (χ0n) is 13.6. The number of hydrogen-bond acceptors (Lipinski definition) is 4. The fourth-order valence-corrected chi connectivity index (χ4v) is 3.66. The summed E-state index contributed by atoms with van der Waals surface area (Å²) in [7, 11) is 0. The molecule has 1 aliphatic heterocycles. The number of nitrogens with one attached hydrogen (secondary N) is 1. The Kier molecular flexibility index (Phi) is 4.94. The van der Waals surface area contributed by atoms with E-state index >= 15 is 0 Å². The van der Waals surface area contributed by atoms with Crippen molar-refractivity contribution in [3.05, 3.63) is 22.4 Å². The van der Waals surface area contributed by atoms with Crippen LogP contribution in [0.5, 0.6) is 0 Å². The van der Waals surface area contributed by atoms with E-state index in [9.17, 15) is 5.26 Å². The highest BCUT2D eigenvalue weighted by atomic mass is 15.2. The Hall–Kier alpha value is -1.60. The van der Waals surface area contributed by atoms with Crippen molar-refractivity contribution in [3.8, 4) is 6.07 Å². The maximum absolute atomic E-state index is 9.74. The molecule has 22 heavy (non-hydrogen) atoms. The molecule has 2 aliphatic rings. The number of rotatable bonds is 4. The molecule has 0 amide bonds. The average molecular weight is 298 g/mol. The third kappa shape index (κ3) is 2.96. The Morgan fingerprint density at radius 2 is 1.91 bits per heavy atom. The van der Waals surface area contributed by atoms with Crippen LogP contribution >= 0.6 is 0 Å². The van der Waals surface area contributed by atoms with Gasteiger partial charge >= 0.3 is 0 Å². The van der Waals surface area contributed by atoms with Crippen LogP contribution in [0.3, 0.4) is 0 Å².